The Balaban J connectivity index is 1.68. The second-order valence-corrected chi connectivity index (χ2v) is 5.62. The molecule has 0 aliphatic rings. The van der Waals surface area contributed by atoms with E-state index in [1.165, 1.54) is 18.0 Å². The second-order valence-electron chi connectivity index (χ2n) is 3.73. The van der Waals surface area contributed by atoms with Gasteiger partial charge in [0.2, 0.25) is 0 Å². The summed E-state index contributed by atoms with van der Waals surface area (Å²) in [4.78, 5) is 19.5. The summed E-state index contributed by atoms with van der Waals surface area (Å²) >= 11 is 3.47. The van der Waals surface area contributed by atoms with Crippen LogP contribution in [0.15, 0.2) is 29.2 Å². The highest BCUT2D eigenvalue weighted by Gasteiger charge is 2.10. The van der Waals surface area contributed by atoms with Gasteiger partial charge in [0.15, 0.2) is 11.5 Å². The molecule has 0 aliphatic carbocycles. The van der Waals surface area contributed by atoms with E-state index in [0.29, 0.717) is 6.54 Å². The van der Waals surface area contributed by atoms with E-state index in [4.69, 9.17) is 5.73 Å². The number of anilines is 1. The second kappa shape index (κ2) is 7.10. The number of nitrogens with zero attached hydrogens (tertiary/aromatic N) is 2. The molecule has 0 aromatic carbocycles. The van der Waals surface area contributed by atoms with Crippen molar-refractivity contribution in [1.82, 2.24) is 15.3 Å². The molecule has 3 N–H and O–H groups in total. The van der Waals surface area contributed by atoms with Crippen LogP contribution in [0.5, 0.6) is 0 Å². The summed E-state index contributed by atoms with van der Waals surface area (Å²) in [6, 6.07) is 2.11. The minimum atomic E-state index is -0.276. The quantitative estimate of drug-likeness (QED) is 0.794. The Morgan fingerprint density at radius 1 is 1.42 bits per heavy atom. The topological polar surface area (TPSA) is 80.9 Å². The summed E-state index contributed by atoms with van der Waals surface area (Å²) < 4.78 is 0. The first kappa shape index (κ1) is 13.8. The molecule has 100 valence electrons. The number of thiophene rings is 1. The molecule has 2 rings (SSSR count). The van der Waals surface area contributed by atoms with Crippen LogP contribution in [0.3, 0.4) is 0 Å². The number of nitrogens with one attached hydrogen (secondary N) is 1. The van der Waals surface area contributed by atoms with Crippen molar-refractivity contribution in [3.05, 3.63) is 40.5 Å². The highest BCUT2D eigenvalue weighted by molar-refractivity contribution is 7.98. The Kier molecular flexibility index (Phi) is 5.17. The van der Waals surface area contributed by atoms with Crippen LogP contribution in [0.1, 0.15) is 16.1 Å². The number of nitrogen functional groups attached to an aromatic ring is 1. The highest BCUT2D eigenvalue weighted by Crippen LogP contribution is 2.14. The zero-order valence-corrected chi connectivity index (χ0v) is 11.8. The van der Waals surface area contributed by atoms with Crippen LogP contribution in [-0.4, -0.2) is 28.2 Å². The van der Waals surface area contributed by atoms with Crippen molar-refractivity contribution in [2.75, 3.05) is 18.0 Å². The summed E-state index contributed by atoms with van der Waals surface area (Å²) in [5.41, 5.74) is 7.08. The SMILES string of the molecule is Nc1nccnc1C(=O)NCCSCc1ccsc1. The summed E-state index contributed by atoms with van der Waals surface area (Å²) in [7, 11) is 0. The zero-order chi connectivity index (χ0) is 13.5. The Morgan fingerprint density at radius 3 is 3.00 bits per heavy atom. The summed E-state index contributed by atoms with van der Waals surface area (Å²) in [6.07, 6.45) is 2.92. The predicted molar refractivity (Wildman–Crippen MR) is 79.3 cm³/mol. The van der Waals surface area contributed by atoms with Gasteiger partial charge in [0.1, 0.15) is 0 Å². The van der Waals surface area contributed by atoms with Crippen LogP contribution in [0.2, 0.25) is 0 Å². The molecule has 1 amide bonds. The molecule has 2 aromatic rings. The minimum absolute atomic E-state index is 0.158. The standard InChI is InChI=1S/C12H14N4OS2/c13-11-10(14-2-3-15-11)12(17)16-4-6-19-8-9-1-5-18-7-9/h1-3,5,7H,4,6,8H2,(H2,13,15)(H,16,17). The maximum absolute atomic E-state index is 11.8. The van der Waals surface area contributed by atoms with Gasteiger partial charge >= 0.3 is 0 Å². The van der Waals surface area contributed by atoms with Crippen molar-refractivity contribution in [2.24, 2.45) is 0 Å². The van der Waals surface area contributed by atoms with E-state index in [-0.39, 0.29) is 17.4 Å². The Hall–Kier alpha value is -1.60. The zero-order valence-electron chi connectivity index (χ0n) is 10.2. The lowest BCUT2D eigenvalue weighted by Crippen LogP contribution is -2.27. The third-order valence-corrected chi connectivity index (χ3v) is 4.08. The smallest absolute Gasteiger partial charge is 0.273 e. The van der Waals surface area contributed by atoms with Gasteiger partial charge in [-0.1, -0.05) is 0 Å². The maximum Gasteiger partial charge on any atom is 0.273 e. The number of hydrogen-bond acceptors (Lipinski definition) is 6. The lowest BCUT2D eigenvalue weighted by atomic mass is 10.4. The normalized spacial score (nSPS) is 10.3. The number of hydrogen-bond donors (Lipinski definition) is 2. The number of aromatic nitrogens is 2. The molecule has 0 fully saturated rings. The van der Waals surface area contributed by atoms with E-state index in [1.807, 2.05) is 0 Å². The van der Waals surface area contributed by atoms with Crippen LogP contribution in [0.25, 0.3) is 0 Å². The summed E-state index contributed by atoms with van der Waals surface area (Å²) in [6.45, 7) is 0.587. The van der Waals surface area contributed by atoms with Crippen molar-refractivity contribution in [3.63, 3.8) is 0 Å². The fraction of sp³-hybridized carbons (Fsp3) is 0.250. The van der Waals surface area contributed by atoms with E-state index in [9.17, 15) is 4.79 Å². The molecule has 0 radical (unpaired) electrons. The molecule has 5 nitrogen and oxygen atoms in total. The number of amides is 1. The first-order valence-corrected chi connectivity index (χ1v) is 7.80. The van der Waals surface area contributed by atoms with Crippen molar-refractivity contribution < 1.29 is 4.79 Å². The third-order valence-electron chi connectivity index (χ3n) is 2.32. The van der Waals surface area contributed by atoms with Gasteiger partial charge in [-0.25, -0.2) is 9.97 Å². The van der Waals surface area contributed by atoms with Crippen molar-refractivity contribution in [2.45, 2.75) is 5.75 Å². The van der Waals surface area contributed by atoms with Crippen molar-refractivity contribution >= 4 is 34.8 Å². The molecule has 0 spiro atoms. The fourth-order valence-corrected chi connectivity index (χ4v) is 2.99. The van der Waals surface area contributed by atoms with E-state index in [2.05, 4.69) is 32.1 Å². The Morgan fingerprint density at radius 2 is 2.26 bits per heavy atom. The maximum atomic E-state index is 11.8. The molecule has 2 heterocycles. The third kappa shape index (κ3) is 4.22. The number of carbonyl (C=O) groups is 1. The van der Waals surface area contributed by atoms with Crippen LogP contribution >= 0.6 is 23.1 Å². The van der Waals surface area contributed by atoms with Gasteiger partial charge in [0, 0.05) is 30.4 Å². The first-order valence-electron chi connectivity index (χ1n) is 5.71. The van der Waals surface area contributed by atoms with E-state index in [0.717, 1.165) is 11.5 Å². The summed E-state index contributed by atoms with van der Waals surface area (Å²) in [5.74, 6) is 1.70. The number of carbonyl (C=O) groups excluding carboxylic acids is 1. The van der Waals surface area contributed by atoms with E-state index in [1.54, 1.807) is 23.1 Å². The van der Waals surface area contributed by atoms with Crippen LogP contribution in [0.4, 0.5) is 5.82 Å². The van der Waals surface area contributed by atoms with Crippen LogP contribution in [-0.2, 0) is 5.75 Å². The highest BCUT2D eigenvalue weighted by atomic mass is 32.2. The number of thioether (sulfide) groups is 1. The fourth-order valence-electron chi connectivity index (χ4n) is 1.41. The Bertz CT molecular complexity index is 530. The average Bonchev–Trinajstić information content (AvgIpc) is 2.92. The lowest BCUT2D eigenvalue weighted by molar-refractivity contribution is 0.0952. The molecule has 0 saturated carbocycles. The number of rotatable bonds is 6. The Labute approximate surface area is 119 Å². The molecular weight excluding hydrogens is 280 g/mol. The molecule has 0 saturated heterocycles. The predicted octanol–water partition coefficient (Wildman–Crippen LogP) is 1.78. The van der Waals surface area contributed by atoms with Gasteiger partial charge < -0.3 is 11.1 Å². The molecule has 19 heavy (non-hydrogen) atoms. The lowest BCUT2D eigenvalue weighted by Gasteiger charge is -2.05. The van der Waals surface area contributed by atoms with Crippen molar-refractivity contribution in [3.8, 4) is 0 Å². The molecule has 0 bridgehead atoms. The molecule has 2 aromatic heterocycles. The summed E-state index contributed by atoms with van der Waals surface area (Å²) in [5, 5.41) is 6.98. The number of nitrogens with two attached hydrogens (primary N) is 1. The van der Waals surface area contributed by atoms with Crippen molar-refractivity contribution in [1.29, 1.82) is 0 Å². The molecule has 0 unspecified atom stereocenters. The molecule has 0 aliphatic heterocycles. The molecule has 7 heteroatoms. The molecular formula is C12H14N4OS2. The van der Waals surface area contributed by atoms with E-state index < -0.39 is 0 Å². The van der Waals surface area contributed by atoms with Gasteiger partial charge in [-0.2, -0.15) is 23.1 Å². The minimum Gasteiger partial charge on any atom is -0.382 e. The van der Waals surface area contributed by atoms with E-state index >= 15 is 0 Å². The first-order chi connectivity index (χ1) is 9.27. The largest absolute Gasteiger partial charge is 0.382 e. The van der Waals surface area contributed by atoms with Gasteiger partial charge in [-0.15, -0.1) is 0 Å². The average molecular weight is 294 g/mol. The monoisotopic (exact) mass is 294 g/mol. The van der Waals surface area contributed by atoms with Crippen LogP contribution in [0, 0.1) is 0 Å². The molecule has 0 atom stereocenters. The van der Waals surface area contributed by atoms with Crippen LogP contribution < -0.4 is 11.1 Å². The van der Waals surface area contributed by atoms with Gasteiger partial charge in [-0.3, -0.25) is 4.79 Å². The van der Waals surface area contributed by atoms with Gasteiger partial charge in [-0.05, 0) is 22.4 Å². The van der Waals surface area contributed by atoms with Gasteiger partial charge in [0.25, 0.3) is 5.91 Å². The van der Waals surface area contributed by atoms with Gasteiger partial charge in [0.05, 0.1) is 0 Å².